The van der Waals surface area contributed by atoms with Gasteiger partial charge in [0.05, 0.1) is 20.8 Å². The molecule has 0 aliphatic heterocycles. The Morgan fingerprint density at radius 2 is 1.83 bits per heavy atom. The highest BCUT2D eigenvalue weighted by Crippen LogP contribution is 2.38. The molecule has 0 spiro atoms. The van der Waals surface area contributed by atoms with Crippen LogP contribution in [0.1, 0.15) is 5.56 Å². The number of aryl methyl sites for hydroxylation is 1. The summed E-state index contributed by atoms with van der Waals surface area (Å²) >= 11 is 0. The molecule has 0 fully saturated rings. The Morgan fingerprint density at radius 1 is 1.22 bits per heavy atom. The van der Waals surface area contributed by atoms with Gasteiger partial charge in [0.1, 0.15) is 6.61 Å². The van der Waals surface area contributed by atoms with E-state index in [9.17, 15) is 0 Å². The molecule has 0 saturated heterocycles. The number of nitrogens with one attached hydrogen (secondary N) is 1. The van der Waals surface area contributed by atoms with Gasteiger partial charge in [0.2, 0.25) is 5.75 Å². The van der Waals surface area contributed by atoms with Crippen molar-refractivity contribution in [2.75, 3.05) is 33.9 Å². The van der Waals surface area contributed by atoms with Crippen LogP contribution in [-0.4, -0.2) is 33.9 Å². The van der Waals surface area contributed by atoms with Gasteiger partial charge in [-0.05, 0) is 24.6 Å². The maximum Gasteiger partial charge on any atom is 0.203 e. The number of hydrogen-bond acceptors (Lipinski definition) is 4. The van der Waals surface area contributed by atoms with E-state index in [2.05, 4.69) is 11.2 Å². The van der Waals surface area contributed by atoms with Crippen molar-refractivity contribution in [2.24, 2.45) is 0 Å². The number of benzene rings is 1. The third-order valence-electron chi connectivity index (χ3n) is 2.36. The molecule has 0 aromatic heterocycles. The molecule has 1 N–H and O–H groups in total. The first-order chi connectivity index (χ1) is 8.72. The first kappa shape index (κ1) is 14.2. The van der Waals surface area contributed by atoms with E-state index in [1.807, 2.05) is 19.1 Å². The molecule has 0 aliphatic carbocycles. The van der Waals surface area contributed by atoms with E-state index in [-0.39, 0.29) is 0 Å². The van der Waals surface area contributed by atoms with E-state index in [4.69, 9.17) is 20.6 Å². The van der Waals surface area contributed by atoms with Crippen LogP contribution >= 0.6 is 0 Å². The van der Waals surface area contributed by atoms with Crippen molar-refractivity contribution in [1.29, 1.82) is 0 Å². The van der Waals surface area contributed by atoms with Crippen molar-refractivity contribution >= 4 is 0 Å². The van der Waals surface area contributed by atoms with Crippen LogP contribution in [-0.2, 0) is 0 Å². The minimum absolute atomic E-state index is 0.497. The van der Waals surface area contributed by atoms with Gasteiger partial charge in [-0.1, -0.05) is 5.92 Å². The van der Waals surface area contributed by atoms with Crippen molar-refractivity contribution in [2.45, 2.75) is 6.92 Å². The Hall–Kier alpha value is -1.86. The summed E-state index contributed by atoms with van der Waals surface area (Å²) in [6.45, 7) is 3.68. The second kappa shape index (κ2) is 7.46. The lowest BCUT2D eigenvalue weighted by Crippen LogP contribution is -2.21. The van der Waals surface area contributed by atoms with Crippen molar-refractivity contribution in [1.82, 2.24) is 5.32 Å². The van der Waals surface area contributed by atoms with Gasteiger partial charge in [-0.2, -0.15) is 0 Å². The standard InChI is InChI=1S/C14H19NO3/c1-5-6-15-7-8-18-14-12(16-3)9-11(2)10-13(14)17-4/h1,9-10,15H,6-8H2,2-4H3. The zero-order chi connectivity index (χ0) is 13.4. The Labute approximate surface area is 108 Å². The van der Waals surface area contributed by atoms with Crippen LogP contribution in [0.5, 0.6) is 17.2 Å². The Kier molecular flexibility index (Phi) is 5.89. The van der Waals surface area contributed by atoms with E-state index in [0.717, 1.165) is 5.56 Å². The van der Waals surface area contributed by atoms with E-state index >= 15 is 0 Å². The lowest BCUT2D eigenvalue weighted by atomic mass is 10.2. The van der Waals surface area contributed by atoms with E-state index in [1.54, 1.807) is 14.2 Å². The Bertz CT molecular complexity index is 399. The van der Waals surface area contributed by atoms with Gasteiger partial charge in [-0.3, -0.25) is 0 Å². The fourth-order valence-corrected chi connectivity index (χ4v) is 1.54. The van der Waals surface area contributed by atoms with Gasteiger partial charge in [-0.15, -0.1) is 6.42 Å². The molecule has 98 valence electrons. The topological polar surface area (TPSA) is 39.7 Å². The van der Waals surface area contributed by atoms with Gasteiger partial charge < -0.3 is 19.5 Å². The maximum absolute atomic E-state index is 5.67. The number of terminal acetylenes is 1. The normalized spacial score (nSPS) is 9.67. The molecular formula is C14H19NO3. The van der Waals surface area contributed by atoms with Crippen molar-refractivity contribution < 1.29 is 14.2 Å². The highest BCUT2D eigenvalue weighted by Gasteiger charge is 2.12. The Balaban J connectivity index is 2.70. The number of ether oxygens (including phenoxy) is 3. The third-order valence-corrected chi connectivity index (χ3v) is 2.36. The molecule has 18 heavy (non-hydrogen) atoms. The largest absolute Gasteiger partial charge is 0.493 e. The summed E-state index contributed by atoms with van der Waals surface area (Å²) in [5.41, 5.74) is 1.06. The van der Waals surface area contributed by atoms with Crippen LogP contribution in [0.3, 0.4) is 0 Å². The monoisotopic (exact) mass is 249 g/mol. The lowest BCUT2D eigenvalue weighted by molar-refractivity contribution is 0.275. The fourth-order valence-electron chi connectivity index (χ4n) is 1.54. The minimum Gasteiger partial charge on any atom is -0.493 e. The summed E-state index contributed by atoms with van der Waals surface area (Å²) in [5, 5.41) is 3.05. The molecule has 0 bridgehead atoms. The molecule has 0 radical (unpaired) electrons. The third kappa shape index (κ3) is 3.86. The molecule has 0 atom stereocenters. The molecule has 1 aromatic rings. The second-order valence-corrected chi connectivity index (χ2v) is 3.73. The zero-order valence-electron chi connectivity index (χ0n) is 11.1. The van der Waals surface area contributed by atoms with Gasteiger partial charge in [0.15, 0.2) is 11.5 Å². The highest BCUT2D eigenvalue weighted by molar-refractivity contribution is 5.53. The molecule has 0 heterocycles. The predicted molar refractivity (Wildman–Crippen MR) is 71.5 cm³/mol. The molecule has 4 heteroatoms. The summed E-state index contributed by atoms with van der Waals surface area (Å²) < 4.78 is 16.2. The molecule has 0 unspecified atom stereocenters. The number of rotatable bonds is 7. The fraction of sp³-hybridized carbons (Fsp3) is 0.429. The van der Waals surface area contributed by atoms with Crippen LogP contribution in [0.25, 0.3) is 0 Å². The summed E-state index contributed by atoms with van der Waals surface area (Å²) in [7, 11) is 3.22. The number of hydrogen-bond donors (Lipinski definition) is 1. The van der Waals surface area contributed by atoms with Gasteiger partial charge >= 0.3 is 0 Å². The number of methoxy groups -OCH3 is 2. The van der Waals surface area contributed by atoms with Crippen molar-refractivity contribution in [3.8, 4) is 29.6 Å². The predicted octanol–water partition coefficient (Wildman–Crippen LogP) is 1.61. The molecule has 0 saturated carbocycles. The average molecular weight is 249 g/mol. The lowest BCUT2D eigenvalue weighted by Gasteiger charge is -2.15. The van der Waals surface area contributed by atoms with Gasteiger partial charge in [-0.25, -0.2) is 0 Å². The minimum atomic E-state index is 0.497. The van der Waals surface area contributed by atoms with E-state index < -0.39 is 0 Å². The van der Waals surface area contributed by atoms with E-state index in [0.29, 0.717) is 36.9 Å². The van der Waals surface area contributed by atoms with Crippen molar-refractivity contribution in [3.05, 3.63) is 17.7 Å². The second-order valence-electron chi connectivity index (χ2n) is 3.73. The zero-order valence-corrected chi connectivity index (χ0v) is 11.1. The quantitative estimate of drug-likeness (QED) is 0.589. The SMILES string of the molecule is C#CCNCCOc1c(OC)cc(C)cc1OC. The maximum atomic E-state index is 5.67. The van der Waals surface area contributed by atoms with Crippen LogP contribution in [0.2, 0.25) is 0 Å². The average Bonchev–Trinajstić information content (AvgIpc) is 2.39. The molecule has 1 aromatic carbocycles. The molecule has 1 rings (SSSR count). The summed E-state index contributed by atoms with van der Waals surface area (Å²) in [5.74, 6) is 4.46. The van der Waals surface area contributed by atoms with Crippen LogP contribution in [0.15, 0.2) is 12.1 Å². The summed E-state index contributed by atoms with van der Waals surface area (Å²) in [4.78, 5) is 0. The molecular weight excluding hydrogens is 230 g/mol. The van der Waals surface area contributed by atoms with E-state index in [1.165, 1.54) is 0 Å². The van der Waals surface area contributed by atoms with Crippen LogP contribution in [0, 0.1) is 19.3 Å². The van der Waals surface area contributed by atoms with Crippen molar-refractivity contribution in [3.63, 3.8) is 0 Å². The molecule has 0 amide bonds. The molecule has 0 aliphatic rings. The Morgan fingerprint density at radius 3 is 2.33 bits per heavy atom. The van der Waals surface area contributed by atoms with Gasteiger partial charge in [0, 0.05) is 6.54 Å². The van der Waals surface area contributed by atoms with Crippen LogP contribution < -0.4 is 19.5 Å². The van der Waals surface area contributed by atoms with Gasteiger partial charge in [0.25, 0.3) is 0 Å². The first-order valence-electron chi connectivity index (χ1n) is 5.72. The highest BCUT2D eigenvalue weighted by atomic mass is 16.5. The van der Waals surface area contributed by atoms with Crippen LogP contribution in [0.4, 0.5) is 0 Å². The molecule has 4 nitrogen and oxygen atoms in total. The summed E-state index contributed by atoms with van der Waals surface area (Å²) in [6.07, 6.45) is 5.14. The summed E-state index contributed by atoms with van der Waals surface area (Å²) in [6, 6.07) is 3.82. The first-order valence-corrected chi connectivity index (χ1v) is 5.72. The smallest absolute Gasteiger partial charge is 0.203 e.